The zero-order valence-electron chi connectivity index (χ0n) is 8.83. The lowest BCUT2D eigenvalue weighted by Gasteiger charge is -2.34. The Morgan fingerprint density at radius 2 is 2.25 bits per heavy atom. The summed E-state index contributed by atoms with van der Waals surface area (Å²) in [6.07, 6.45) is -0.0510. The van der Waals surface area contributed by atoms with E-state index in [1.807, 2.05) is 0 Å². The lowest BCUT2D eigenvalue weighted by atomic mass is 10.1. The second-order valence-electron chi connectivity index (χ2n) is 3.73. The Bertz CT molecular complexity index is 342. The fraction of sp³-hybridized carbons (Fsp3) is 0.875. The maximum absolute atomic E-state index is 10.8. The van der Waals surface area contributed by atoms with Gasteiger partial charge < -0.3 is 9.84 Å². The van der Waals surface area contributed by atoms with Gasteiger partial charge in [-0.2, -0.15) is 0 Å². The summed E-state index contributed by atoms with van der Waals surface area (Å²) in [5, 5.41) is 13.6. The zero-order valence-corrected chi connectivity index (χ0v) is 9.65. The predicted molar refractivity (Wildman–Crippen MR) is 56.4 cm³/mol. The van der Waals surface area contributed by atoms with E-state index < -0.39 is 16.0 Å². The molecule has 0 bridgehead atoms. The Labute approximate surface area is 94.2 Å². The first-order chi connectivity index (χ1) is 7.38. The van der Waals surface area contributed by atoms with E-state index in [9.17, 15) is 13.2 Å². The second-order valence-corrected chi connectivity index (χ2v) is 5.46. The molecule has 0 aromatic heterocycles. The molecule has 8 heteroatoms. The summed E-state index contributed by atoms with van der Waals surface area (Å²) in [6, 6.07) is -0.270. The summed E-state index contributed by atoms with van der Waals surface area (Å²) >= 11 is 0. The third kappa shape index (κ3) is 4.88. The number of sulfonamides is 1. The lowest BCUT2D eigenvalue weighted by Crippen LogP contribution is -2.48. The molecule has 0 saturated carbocycles. The highest BCUT2D eigenvalue weighted by molar-refractivity contribution is 7.89. The Hall–Kier alpha value is -0.700. The maximum atomic E-state index is 10.8. The first kappa shape index (κ1) is 13.4. The predicted octanol–water partition coefficient (Wildman–Crippen LogP) is -1.55. The van der Waals surface area contributed by atoms with Crippen molar-refractivity contribution in [3.8, 4) is 0 Å². The van der Waals surface area contributed by atoms with Crippen LogP contribution in [0, 0.1) is 0 Å². The number of carboxylic acids is 1. The van der Waals surface area contributed by atoms with Crippen LogP contribution in [-0.2, 0) is 19.6 Å². The van der Waals surface area contributed by atoms with E-state index in [0.29, 0.717) is 19.8 Å². The van der Waals surface area contributed by atoms with Crippen LogP contribution in [0.5, 0.6) is 0 Å². The van der Waals surface area contributed by atoms with Gasteiger partial charge >= 0.3 is 5.97 Å². The van der Waals surface area contributed by atoms with Crippen LogP contribution in [0.25, 0.3) is 0 Å². The second kappa shape index (κ2) is 5.58. The van der Waals surface area contributed by atoms with Crippen molar-refractivity contribution in [3.05, 3.63) is 0 Å². The molecule has 1 fully saturated rings. The number of aliphatic carboxylic acids is 1. The van der Waals surface area contributed by atoms with E-state index in [4.69, 9.17) is 15.0 Å². The molecule has 1 aliphatic rings. The van der Waals surface area contributed by atoms with E-state index in [1.54, 1.807) is 4.90 Å². The average molecular weight is 252 g/mol. The minimum Gasteiger partial charge on any atom is -0.481 e. The Balaban J connectivity index is 2.50. The van der Waals surface area contributed by atoms with Crippen LogP contribution in [0.1, 0.15) is 6.42 Å². The number of nitrogens with zero attached hydrogens (tertiary/aromatic N) is 1. The number of ether oxygens (including phenoxy) is 1. The number of hydrogen-bond donors (Lipinski definition) is 2. The number of morpholine rings is 1. The van der Waals surface area contributed by atoms with Gasteiger partial charge in [0.05, 0.1) is 25.4 Å². The quantitative estimate of drug-likeness (QED) is 0.613. The molecule has 0 spiro atoms. The van der Waals surface area contributed by atoms with Crippen LogP contribution in [0.2, 0.25) is 0 Å². The van der Waals surface area contributed by atoms with Gasteiger partial charge in [0.1, 0.15) is 0 Å². The molecule has 16 heavy (non-hydrogen) atoms. The van der Waals surface area contributed by atoms with Gasteiger partial charge in [0.15, 0.2) is 0 Å². The van der Waals surface area contributed by atoms with Gasteiger partial charge in [-0.3, -0.25) is 9.69 Å². The highest BCUT2D eigenvalue weighted by Gasteiger charge is 2.25. The van der Waals surface area contributed by atoms with E-state index in [-0.39, 0.29) is 24.8 Å². The van der Waals surface area contributed by atoms with Crippen LogP contribution in [0.4, 0.5) is 0 Å². The highest BCUT2D eigenvalue weighted by Crippen LogP contribution is 2.10. The van der Waals surface area contributed by atoms with Gasteiger partial charge in [0.25, 0.3) is 0 Å². The van der Waals surface area contributed by atoms with Crippen LogP contribution >= 0.6 is 0 Å². The number of primary sulfonamides is 1. The third-order valence-electron chi connectivity index (χ3n) is 2.42. The molecule has 1 rings (SSSR count). The Kier molecular flexibility index (Phi) is 4.66. The molecule has 0 radical (unpaired) electrons. The summed E-state index contributed by atoms with van der Waals surface area (Å²) in [5.41, 5.74) is 0. The smallest absolute Gasteiger partial charge is 0.305 e. The summed E-state index contributed by atoms with van der Waals surface area (Å²) in [4.78, 5) is 12.4. The molecule has 94 valence electrons. The van der Waals surface area contributed by atoms with Crippen molar-refractivity contribution < 1.29 is 23.1 Å². The van der Waals surface area contributed by atoms with Gasteiger partial charge in [-0.05, 0) is 0 Å². The van der Waals surface area contributed by atoms with Gasteiger partial charge in [-0.15, -0.1) is 0 Å². The molecule has 1 atom stereocenters. The summed E-state index contributed by atoms with van der Waals surface area (Å²) in [7, 11) is -3.51. The molecular formula is C8H16N2O5S. The minimum atomic E-state index is -3.51. The van der Waals surface area contributed by atoms with Gasteiger partial charge in [-0.25, -0.2) is 13.6 Å². The Morgan fingerprint density at radius 1 is 1.56 bits per heavy atom. The molecule has 1 unspecified atom stereocenters. The van der Waals surface area contributed by atoms with Crippen molar-refractivity contribution in [2.45, 2.75) is 12.5 Å². The molecule has 1 heterocycles. The maximum Gasteiger partial charge on any atom is 0.305 e. The number of carboxylic acid groups (broad SMARTS) is 1. The van der Waals surface area contributed by atoms with Gasteiger partial charge in [0, 0.05) is 19.1 Å². The van der Waals surface area contributed by atoms with Crippen molar-refractivity contribution in [1.29, 1.82) is 0 Å². The van der Waals surface area contributed by atoms with Crippen molar-refractivity contribution in [3.63, 3.8) is 0 Å². The third-order valence-corrected chi connectivity index (χ3v) is 3.17. The molecule has 0 aliphatic carbocycles. The minimum absolute atomic E-state index is 0.0510. The SMILES string of the molecule is NS(=O)(=O)CCN1CCOCC1CC(=O)O. The molecule has 0 aromatic rings. The van der Waals surface area contributed by atoms with E-state index in [0.717, 1.165) is 0 Å². The number of hydrogen-bond acceptors (Lipinski definition) is 5. The number of carbonyl (C=O) groups is 1. The van der Waals surface area contributed by atoms with E-state index in [1.165, 1.54) is 0 Å². The summed E-state index contributed by atoms with van der Waals surface area (Å²) < 4.78 is 26.8. The zero-order chi connectivity index (χ0) is 12.2. The molecular weight excluding hydrogens is 236 g/mol. The number of rotatable bonds is 5. The average Bonchev–Trinajstić information content (AvgIpc) is 2.14. The van der Waals surface area contributed by atoms with Crippen molar-refractivity contribution in [1.82, 2.24) is 4.90 Å². The van der Waals surface area contributed by atoms with Crippen LogP contribution in [-0.4, -0.2) is 62.5 Å². The molecule has 7 nitrogen and oxygen atoms in total. The van der Waals surface area contributed by atoms with Crippen LogP contribution in [0.3, 0.4) is 0 Å². The summed E-state index contributed by atoms with van der Waals surface area (Å²) in [6.45, 7) is 1.59. The highest BCUT2D eigenvalue weighted by atomic mass is 32.2. The van der Waals surface area contributed by atoms with Crippen LogP contribution in [0.15, 0.2) is 0 Å². The van der Waals surface area contributed by atoms with Gasteiger partial charge in [0.2, 0.25) is 10.0 Å². The molecule has 0 aromatic carbocycles. The van der Waals surface area contributed by atoms with Crippen molar-refractivity contribution >= 4 is 16.0 Å². The lowest BCUT2D eigenvalue weighted by molar-refractivity contribution is -0.140. The first-order valence-corrected chi connectivity index (χ1v) is 6.64. The largest absolute Gasteiger partial charge is 0.481 e. The van der Waals surface area contributed by atoms with Gasteiger partial charge in [-0.1, -0.05) is 0 Å². The molecule has 3 N–H and O–H groups in total. The molecule has 1 saturated heterocycles. The monoisotopic (exact) mass is 252 g/mol. The Morgan fingerprint density at radius 3 is 2.81 bits per heavy atom. The fourth-order valence-electron chi connectivity index (χ4n) is 1.62. The van der Waals surface area contributed by atoms with Crippen molar-refractivity contribution in [2.24, 2.45) is 5.14 Å². The number of nitrogens with two attached hydrogens (primary N) is 1. The van der Waals surface area contributed by atoms with Crippen LogP contribution < -0.4 is 5.14 Å². The standard InChI is InChI=1S/C8H16N2O5S/c9-16(13,14)4-2-10-1-3-15-6-7(10)5-8(11)12/h7H,1-6H2,(H,11,12)(H2,9,13,14). The van der Waals surface area contributed by atoms with E-state index >= 15 is 0 Å². The summed E-state index contributed by atoms with van der Waals surface area (Å²) in [5.74, 6) is -1.08. The topological polar surface area (TPSA) is 110 Å². The van der Waals surface area contributed by atoms with Crippen molar-refractivity contribution in [2.75, 3.05) is 32.1 Å². The molecule has 0 amide bonds. The normalized spacial score (nSPS) is 23.2. The molecule has 1 aliphatic heterocycles. The van der Waals surface area contributed by atoms with E-state index in [2.05, 4.69) is 0 Å². The fourth-order valence-corrected chi connectivity index (χ4v) is 2.11. The first-order valence-electron chi connectivity index (χ1n) is 4.92.